The Kier molecular flexibility index (Phi) is 7.54. The molecule has 1 rings (SSSR count). The standard InChI is InChI=1S/C16H27ClN4/c1-13(2)20(4)11-10-19-16(18-3)21(5)12-14-6-8-15(17)9-7-14/h6-9,13H,10-12H2,1-5H3,(H,18,19). The van der Waals surface area contributed by atoms with Crippen LogP contribution in [0.1, 0.15) is 19.4 Å². The fourth-order valence-corrected chi connectivity index (χ4v) is 2.05. The van der Waals surface area contributed by atoms with E-state index >= 15 is 0 Å². The van der Waals surface area contributed by atoms with Gasteiger partial charge in [0, 0.05) is 44.8 Å². The van der Waals surface area contributed by atoms with Crippen molar-refractivity contribution in [1.29, 1.82) is 0 Å². The summed E-state index contributed by atoms with van der Waals surface area (Å²) in [5.41, 5.74) is 1.21. The van der Waals surface area contributed by atoms with Crippen molar-refractivity contribution in [3.05, 3.63) is 34.9 Å². The predicted molar refractivity (Wildman–Crippen MR) is 92.0 cm³/mol. The van der Waals surface area contributed by atoms with E-state index in [0.29, 0.717) is 6.04 Å². The molecule has 0 aliphatic carbocycles. The van der Waals surface area contributed by atoms with Crippen LogP contribution < -0.4 is 5.32 Å². The van der Waals surface area contributed by atoms with Gasteiger partial charge in [0.1, 0.15) is 0 Å². The molecule has 0 radical (unpaired) electrons. The zero-order chi connectivity index (χ0) is 15.8. The van der Waals surface area contributed by atoms with Crippen molar-refractivity contribution < 1.29 is 0 Å². The lowest BCUT2D eigenvalue weighted by molar-refractivity contribution is 0.277. The van der Waals surface area contributed by atoms with Gasteiger partial charge in [-0.2, -0.15) is 0 Å². The fourth-order valence-electron chi connectivity index (χ4n) is 1.93. The Bertz CT molecular complexity index is 442. The molecule has 0 bridgehead atoms. The molecule has 0 saturated heterocycles. The molecule has 0 spiro atoms. The van der Waals surface area contributed by atoms with E-state index in [2.05, 4.69) is 41.0 Å². The van der Waals surface area contributed by atoms with E-state index in [1.807, 2.05) is 38.4 Å². The van der Waals surface area contributed by atoms with Gasteiger partial charge in [-0.3, -0.25) is 4.99 Å². The molecular weight excluding hydrogens is 284 g/mol. The molecule has 118 valence electrons. The summed E-state index contributed by atoms with van der Waals surface area (Å²) < 4.78 is 0. The highest BCUT2D eigenvalue weighted by Gasteiger charge is 2.07. The predicted octanol–water partition coefficient (Wildman–Crippen LogP) is 2.69. The zero-order valence-corrected chi connectivity index (χ0v) is 14.5. The molecule has 1 aromatic rings. The first kappa shape index (κ1) is 17.8. The molecule has 0 atom stereocenters. The summed E-state index contributed by atoms with van der Waals surface area (Å²) in [5.74, 6) is 0.905. The monoisotopic (exact) mass is 310 g/mol. The van der Waals surface area contributed by atoms with Crippen molar-refractivity contribution >= 4 is 17.6 Å². The van der Waals surface area contributed by atoms with Crippen molar-refractivity contribution in [3.8, 4) is 0 Å². The van der Waals surface area contributed by atoms with Crippen molar-refractivity contribution in [2.45, 2.75) is 26.4 Å². The van der Waals surface area contributed by atoms with Crippen LogP contribution in [0.25, 0.3) is 0 Å². The maximum Gasteiger partial charge on any atom is 0.193 e. The Hall–Kier alpha value is -1.26. The molecule has 4 nitrogen and oxygen atoms in total. The number of hydrogen-bond donors (Lipinski definition) is 1. The molecule has 0 heterocycles. The van der Waals surface area contributed by atoms with Crippen LogP contribution in [0.5, 0.6) is 0 Å². The number of aliphatic imine (C=N–C) groups is 1. The number of rotatable bonds is 6. The first-order chi connectivity index (χ1) is 9.93. The summed E-state index contributed by atoms with van der Waals surface area (Å²) in [6, 6.07) is 8.47. The molecule has 0 unspecified atom stereocenters. The third kappa shape index (κ3) is 6.36. The van der Waals surface area contributed by atoms with Crippen molar-refractivity contribution in [3.63, 3.8) is 0 Å². The molecule has 0 aliphatic heterocycles. The Balaban J connectivity index is 2.46. The molecular formula is C16H27ClN4. The van der Waals surface area contributed by atoms with Crippen LogP contribution >= 0.6 is 11.6 Å². The second-order valence-electron chi connectivity index (χ2n) is 5.53. The number of likely N-dealkylation sites (N-methyl/N-ethyl adjacent to an activating group) is 1. The second-order valence-corrected chi connectivity index (χ2v) is 5.97. The van der Waals surface area contributed by atoms with Crippen LogP contribution in [0.4, 0.5) is 0 Å². The first-order valence-electron chi connectivity index (χ1n) is 7.30. The van der Waals surface area contributed by atoms with Gasteiger partial charge in [-0.25, -0.2) is 0 Å². The minimum atomic E-state index is 0.556. The molecule has 0 saturated carbocycles. The number of nitrogens with zero attached hydrogens (tertiary/aromatic N) is 3. The fraction of sp³-hybridized carbons (Fsp3) is 0.562. The van der Waals surface area contributed by atoms with E-state index in [-0.39, 0.29) is 0 Å². The summed E-state index contributed by atoms with van der Waals surface area (Å²) in [5, 5.41) is 4.16. The summed E-state index contributed by atoms with van der Waals surface area (Å²) in [4.78, 5) is 8.75. The minimum Gasteiger partial charge on any atom is -0.355 e. The highest BCUT2D eigenvalue weighted by molar-refractivity contribution is 6.30. The molecule has 0 amide bonds. The number of hydrogen-bond acceptors (Lipinski definition) is 2. The van der Waals surface area contributed by atoms with Crippen molar-refractivity contribution in [1.82, 2.24) is 15.1 Å². The number of guanidine groups is 1. The molecule has 21 heavy (non-hydrogen) atoms. The van der Waals surface area contributed by atoms with E-state index in [0.717, 1.165) is 30.6 Å². The van der Waals surface area contributed by atoms with E-state index < -0.39 is 0 Å². The van der Waals surface area contributed by atoms with Gasteiger partial charge >= 0.3 is 0 Å². The second kappa shape index (κ2) is 8.90. The SMILES string of the molecule is CN=C(NCCN(C)C(C)C)N(C)Cc1ccc(Cl)cc1. The van der Waals surface area contributed by atoms with Crippen LogP contribution in [-0.2, 0) is 6.54 Å². The van der Waals surface area contributed by atoms with E-state index in [1.165, 1.54) is 5.56 Å². The molecule has 1 N–H and O–H groups in total. The van der Waals surface area contributed by atoms with Crippen LogP contribution in [0.15, 0.2) is 29.3 Å². The maximum absolute atomic E-state index is 5.91. The van der Waals surface area contributed by atoms with Gasteiger partial charge < -0.3 is 15.1 Å². The molecule has 5 heteroatoms. The van der Waals surface area contributed by atoms with Crippen molar-refractivity contribution in [2.75, 3.05) is 34.2 Å². The Morgan fingerprint density at radius 2 is 1.86 bits per heavy atom. The average Bonchev–Trinajstić information content (AvgIpc) is 2.45. The largest absolute Gasteiger partial charge is 0.355 e. The maximum atomic E-state index is 5.91. The lowest BCUT2D eigenvalue weighted by Crippen LogP contribution is -2.42. The smallest absolute Gasteiger partial charge is 0.193 e. The van der Waals surface area contributed by atoms with Crippen LogP contribution in [-0.4, -0.2) is 56.0 Å². The summed E-state index contributed by atoms with van der Waals surface area (Å²) in [6.07, 6.45) is 0. The molecule has 0 aliphatic rings. The van der Waals surface area contributed by atoms with Crippen molar-refractivity contribution in [2.24, 2.45) is 4.99 Å². The Labute approximate surface area is 133 Å². The minimum absolute atomic E-state index is 0.556. The van der Waals surface area contributed by atoms with E-state index in [4.69, 9.17) is 11.6 Å². The Morgan fingerprint density at radius 3 is 2.38 bits per heavy atom. The molecule has 0 fully saturated rings. The summed E-state index contributed by atoms with van der Waals surface area (Å²) in [7, 11) is 5.98. The topological polar surface area (TPSA) is 30.9 Å². The molecule has 0 aromatic heterocycles. The molecule has 1 aromatic carbocycles. The van der Waals surface area contributed by atoms with Gasteiger partial charge in [0.15, 0.2) is 5.96 Å². The van der Waals surface area contributed by atoms with Gasteiger partial charge in [0.05, 0.1) is 0 Å². The quantitative estimate of drug-likeness (QED) is 0.647. The lowest BCUT2D eigenvalue weighted by atomic mass is 10.2. The number of halogens is 1. The van der Waals surface area contributed by atoms with Gasteiger partial charge in [-0.15, -0.1) is 0 Å². The third-order valence-corrected chi connectivity index (χ3v) is 3.79. The van der Waals surface area contributed by atoms with Crippen LogP contribution in [0, 0.1) is 0 Å². The number of benzene rings is 1. The lowest BCUT2D eigenvalue weighted by Gasteiger charge is -2.25. The third-order valence-electron chi connectivity index (χ3n) is 3.54. The van der Waals surface area contributed by atoms with Crippen LogP contribution in [0.3, 0.4) is 0 Å². The first-order valence-corrected chi connectivity index (χ1v) is 7.68. The van der Waals surface area contributed by atoms with Gasteiger partial charge in [-0.05, 0) is 38.6 Å². The Morgan fingerprint density at radius 1 is 1.24 bits per heavy atom. The van der Waals surface area contributed by atoms with Crippen LogP contribution in [0.2, 0.25) is 5.02 Å². The van der Waals surface area contributed by atoms with E-state index in [9.17, 15) is 0 Å². The summed E-state index contributed by atoms with van der Waals surface area (Å²) >= 11 is 5.91. The normalized spacial score (nSPS) is 12.1. The van der Waals surface area contributed by atoms with Gasteiger partial charge in [-0.1, -0.05) is 23.7 Å². The highest BCUT2D eigenvalue weighted by Crippen LogP contribution is 2.10. The highest BCUT2D eigenvalue weighted by atomic mass is 35.5. The zero-order valence-electron chi connectivity index (χ0n) is 13.7. The van der Waals surface area contributed by atoms with Gasteiger partial charge in [0.25, 0.3) is 0 Å². The average molecular weight is 311 g/mol. The van der Waals surface area contributed by atoms with E-state index in [1.54, 1.807) is 0 Å². The summed E-state index contributed by atoms with van der Waals surface area (Å²) in [6.45, 7) is 7.07. The van der Waals surface area contributed by atoms with Gasteiger partial charge in [0.2, 0.25) is 0 Å². The number of nitrogens with one attached hydrogen (secondary N) is 1.